The standard InChI is InChI=1S/C21H32O5.C4H8Cl2/c1-19-7-5-13(23)9-12(19)3-4-14-15-6-8-21(26,17(25)11-22)20(15,2)10-16(24)18(14)19;5-3-1-2-4-6/h12-15,18,22-23,26H,3-11H2,1-2H3;1-4H2/t12-,13-,14+,15+,18-,19+,20+,21+;/m1./s1. The fraction of sp³-hybridized carbons (Fsp3) is 0.920. The lowest BCUT2D eigenvalue weighted by Gasteiger charge is -2.60. The van der Waals surface area contributed by atoms with Crippen LogP contribution in [-0.2, 0) is 9.59 Å². The lowest BCUT2D eigenvalue weighted by Crippen LogP contribution is -2.62. The van der Waals surface area contributed by atoms with Crippen LogP contribution in [0.25, 0.3) is 0 Å². The average Bonchev–Trinajstić information content (AvgIpc) is 3.03. The van der Waals surface area contributed by atoms with E-state index in [2.05, 4.69) is 6.92 Å². The van der Waals surface area contributed by atoms with Crippen molar-refractivity contribution < 1.29 is 24.9 Å². The first kappa shape index (κ1) is 26.4. The van der Waals surface area contributed by atoms with Crippen molar-refractivity contribution >= 4 is 34.8 Å². The quantitative estimate of drug-likeness (QED) is 0.398. The van der Waals surface area contributed by atoms with Crippen LogP contribution in [0.2, 0.25) is 0 Å². The number of carbonyl (C=O) groups excluding carboxylic acids is 2. The van der Waals surface area contributed by atoms with Crippen molar-refractivity contribution in [2.24, 2.45) is 34.5 Å². The van der Waals surface area contributed by atoms with Crippen LogP contribution in [0.15, 0.2) is 0 Å². The van der Waals surface area contributed by atoms with E-state index in [-0.39, 0.29) is 41.5 Å². The molecule has 5 nitrogen and oxygen atoms in total. The minimum Gasteiger partial charge on any atom is -0.393 e. The van der Waals surface area contributed by atoms with Gasteiger partial charge >= 0.3 is 0 Å². The fourth-order valence-corrected chi connectivity index (χ4v) is 8.21. The summed E-state index contributed by atoms with van der Waals surface area (Å²) < 4.78 is 0. The molecule has 0 aromatic heterocycles. The molecule has 0 radical (unpaired) electrons. The number of halogens is 2. The number of alkyl halides is 2. The zero-order valence-corrected chi connectivity index (χ0v) is 21.0. The maximum atomic E-state index is 13.4. The SMILES string of the molecule is C[C@]12CC[C@@H](O)C[C@H]1CC[C@@H]1[C@@H]2C(=O)C[C@@]2(C)[C@H]1CC[C@]2(O)C(=O)CO.ClCCCCCl. The number of aliphatic hydroxyl groups is 3. The third-order valence-corrected chi connectivity index (χ3v) is 10.1. The highest BCUT2D eigenvalue weighted by molar-refractivity contribution is 6.18. The van der Waals surface area contributed by atoms with E-state index in [1.807, 2.05) is 6.92 Å². The zero-order chi connectivity index (χ0) is 23.7. The summed E-state index contributed by atoms with van der Waals surface area (Å²) in [6, 6.07) is 0. The lowest BCUT2D eigenvalue weighted by atomic mass is 9.44. The van der Waals surface area contributed by atoms with Gasteiger partial charge in [-0.1, -0.05) is 13.8 Å². The van der Waals surface area contributed by atoms with Crippen molar-refractivity contribution in [1.29, 1.82) is 0 Å². The summed E-state index contributed by atoms with van der Waals surface area (Å²) in [4.78, 5) is 25.7. The number of rotatable bonds is 5. The second-order valence-corrected chi connectivity index (χ2v) is 11.8. The predicted molar refractivity (Wildman–Crippen MR) is 126 cm³/mol. The second kappa shape index (κ2) is 10.2. The van der Waals surface area contributed by atoms with Crippen LogP contribution in [0.4, 0.5) is 0 Å². The summed E-state index contributed by atoms with van der Waals surface area (Å²) in [7, 11) is 0. The van der Waals surface area contributed by atoms with Crippen molar-refractivity contribution in [3.05, 3.63) is 0 Å². The smallest absolute Gasteiger partial charge is 0.190 e. The molecule has 0 aliphatic heterocycles. The van der Waals surface area contributed by atoms with Gasteiger partial charge in [-0.2, -0.15) is 0 Å². The minimum absolute atomic E-state index is 0.0154. The molecule has 184 valence electrons. The molecule has 32 heavy (non-hydrogen) atoms. The van der Waals surface area contributed by atoms with Gasteiger partial charge in [-0.3, -0.25) is 9.59 Å². The molecule has 0 heterocycles. The topological polar surface area (TPSA) is 94.8 Å². The third kappa shape index (κ3) is 4.30. The number of aliphatic hydroxyl groups excluding tert-OH is 2. The van der Waals surface area contributed by atoms with E-state index in [0.29, 0.717) is 12.3 Å². The van der Waals surface area contributed by atoms with Crippen LogP contribution in [0, 0.1) is 34.5 Å². The summed E-state index contributed by atoms with van der Waals surface area (Å²) in [5.74, 6) is 1.87. The second-order valence-electron chi connectivity index (χ2n) is 11.1. The maximum Gasteiger partial charge on any atom is 0.190 e. The molecular weight excluding hydrogens is 451 g/mol. The molecule has 0 aromatic carbocycles. The molecule has 0 saturated heterocycles. The van der Waals surface area contributed by atoms with Crippen LogP contribution in [-0.4, -0.2) is 57.0 Å². The summed E-state index contributed by atoms with van der Waals surface area (Å²) in [5.41, 5.74) is -2.40. The van der Waals surface area contributed by atoms with E-state index in [0.717, 1.165) is 63.1 Å². The Morgan fingerprint density at radius 1 is 1.06 bits per heavy atom. The zero-order valence-electron chi connectivity index (χ0n) is 19.5. The Morgan fingerprint density at radius 3 is 2.31 bits per heavy atom. The van der Waals surface area contributed by atoms with E-state index in [1.165, 1.54) is 0 Å². The highest BCUT2D eigenvalue weighted by Gasteiger charge is 2.68. The molecule has 0 amide bonds. The van der Waals surface area contributed by atoms with E-state index in [9.17, 15) is 24.9 Å². The van der Waals surface area contributed by atoms with E-state index in [1.54, 1.807) is 0 Å². The number of hydrogen-bond acceptors (Lipinski definition) is 5. The van der Waals surface area contributed by atoms with Gasteiger partial charge in [-0.05, 0) is 81.0 Å². The van der Waals surface area contributed by atoms with E-state index in [4.69, 9.17) is 23.2 Å². The Kier molecular flexibility index (Phi) is 8.41. The van der Waals surface area contributed by atoms with E-state index < -0.39 is 23.4 Å². The first-order chi connectivity index (χ1) is 15.1. The van der Waals surface area contributed by atoms with E-state index >= 15 is 0 Å². The third-order valence-electron chi connectivity index (χ3n) is 9.60. The summed E-state index contributed by atoms with van der Waals surface area (Å²) in [6.45, 7) is 3.46. The fourth-order valence-electron chi connectivity index (χ4n) is 7.83. The monoisotopic (exact) mass is 490 g/mol. The molecule has 4 aliphatic rings. The lowest BCUT2D eigenvalue weighted by molar-refractivity contribution is -0.180. The normalized spacial score (nSPS) is 45.2. The van der Waals surface area contributed by atoms with Gasteiger partial charge in [0.15, 0.2) is 5.78 Å². The average molecular weight is 491 g/mol. The molecule has 4 aliphatic carbocycles. The van der Waals surface area contributed by atoms with Crippen LogP contribution < -0.4 is 0 Å². The largest absolute Gasteiger partial charge is 0.393 e. The van der Waals surface area contributed by atoms with Gasteiger partial charge in [0.2, 0.25) is 0 Å². The molecule has 4 rings (SSSR count). The van der Waals surface area contributed by atoms with Crippen molar-refractivity contribution in [2.75, 3.05) is 18.4 Å². The minimum atomic E-state index is -1.58. The first-order valence-electron chi connectivity index (χ1n) is 12.3. The number of Topliss-reactive ketones (excluding diaryl/α,β-unsaturated/α-hetero) is 2. The van der Waals surface area contributed by atoms with Crippen molar-refractivity contribution in [3.63, 3.8) is 0 Å². The molecule has 4 saturated carbocycles. The van der Waals surface area contributed by atoms with Crippen LogP contribution in [0.5, 0.6) is 0 Å². The Hall–Kier alpha value is -0.200. The molecule has 3 N–H and O–H groups in total. The Balaban J connectivity index is 0.000000427. The van der Waals surface area contributed by atoms with Gasteiger partial charge in [-0.15, -0.1) is 23.2 Å². The summed E-state index contributed by atoms with van der Waals surface area (Å²) in [5, 5.41) is 30.6. The Labute approximate surface area is 202 Å². The van der Waals surface area contributed by atoms with Crippen molar-refractivity contribution in [2.45, 2.75) is 89.8 Å². The molecular formula is C25H40Cl2O5. The molecule has 7 heteroatoms. The molecule has 4 fully saturated rings. The number of unbranched alkanes of at least 4 members (excludes halogenated alkanes) is 1. The van der Waals surface area contributed by atoms with Gasteiger partial charge in [-0.25, -0.2) is 0 Å². The molecule has 0 bridgehead atoms. The molecule has 0 aromatic rings. The maximum absolute atomic E-state index is 13.4. The number of hydrogen-bond donors (Lipinski definition) is 3. The number of ketones is 2. The summed E-state index contributed by atoms with van der Waals surface area (Å²) in [6.07, 6.45) is 7.57. The highest BCUT2D eigenvalue weighted by atomic mass is 35.5. The van der Waals surface area contributed by atoms with Gasteiger partial charge in [0.1, 0.15) is 18.0 Å². The summed E-state index contributed by atoms with van der Waals surface area (Å²) >= 11 is 10.6. The molecule has 8 atom stereocenters. The van der Waals surface area contributed by atoms with Crippen LogP contribution in [0.3, 0.4) is 0 Å². The van der Waals surface area contributed by atoms with Crippen molar-refractivity contribution in [3.8, 4) is 0 Å². The van der Waals surface area contributed by atoms with Gasteiger partial charge in [0.05, 0.1) is 6.10 Å². The number of fused-ring (bicyclic) bond motifs is 5. The van der Waals surface area contributed by atoms with Crippen LogP contribution >= 0.6 is 23.2 Å². The van der Waals surface area contributed by atoms with Gasteiger partial charge in [0, 0.05) is 29.5 Å². The highest BCUT2D eigenvalue weighted by Crippen LogP contribution is 2.67. The van der Waals surface area contributed by atoms with Gasteiger partial charge in [0.25, 0.3) is 0 Å². The van der Waals surface area contributed by atoms with Crippen LogP contribution in [0.1, 0.15) is 78.1 Å². The number of carbonyl (C=O) groups is 2. The predicted octanol–water partition coefficient (Wildman–Crippen LogP) is 4.11. The molecule has 0 spiro atoms. The van der Waals surface area contributed by atoms with Gasteiger partial charge < -0.3 is 15.3 Å². The Morgan fingerprint density at radius 2 is 1.72 bits per heavy atom. The van der Waals surface area contributed by atoms with Crippen molar-refractivity contribution in [1.82, 2.24) is 0 Å². The first-order valence-corrected chi connectivity index (χ1v) is 13.3. The Bertz CT molecular complexity index is 698. The molecule has 0 unspecified atom stereocenters.